The van der Waals surface area contributed by atoms with Crippen LogP contribution in [0.25, 0.3) is 5.57 Å². The Labute approximate surface area is 186 Å². The third-order valence-corrected chi connectivity index (χ3v) is 4.82. The summed E-state index contributed by atoms with van der Waals surface area (Å²) >= 11 is 0. The molecule has 1 aliphatic heterocycles. The van der Waals surface area contributed by atoms with Crippen LogP contribution in [-0.4, -0.2) is 25.3 Å². The van der Waals surface area contributed by atoms with E-state index in [1.54, 1.807) is 54.6 Å². The highest BCUT2D eigenvalue weighted by Crippen LogP contribution is 2.37. The third-order valence-electron chi connectivity index (χ3n) is 4.82. The van der Waals surface area contributed by atoms with E-state index in [1.165, 1.54) is 19.2 Å². The molecule has 0 saturated heterocycles. The molecule has 0 radical (unpaired) electrons. The van der Waals surface area contributed by atoms with Crippen molar-refractivity contribution in [3.8, 4) is 11.5 Å². The lowest BCUT2D eigenvalue weighted by Crippen LogP contribution is -2.32. The van der Waals surface area contributed by atoms with Crippen LogP contribution in [0.2, 0.25) is 0 Å². The van der Waals surface area contributed by atoms with E-state index < -0.39 is 23.9 Å². The number of carbonyl (C=O) groups is 2. The number of imide groups is 1. The lowest BCUT2D eigenvalue weighted by atomic mass is 10.0. The Kier molecular flexibility index (Phi) is 5.78. The van der Waals surface area contributed by atoms with Crippen molar-refractivity contribution in [2.24, 2.45) is 0 Å². The van der Waals surface area contributed by atoms with Crippen molar-refractivity contribution in [1.82, 2.24) is 0 Å². The zero-order chi connectivity index (χ0) is 23.6. The second kappa shape index (κ2) is 8.70. The molecule has 0 fully saturated rings. The number of hydrogen-bond acceptors (Lipinski definition) is 5. The molecule has 0 bridgehead atoms. The zero-order valence-corrected chi connectivity index (χ0v) is 17.2. The molecule has 3 aromatic rings. The minimum atomic E-state index is -4.92. The second-order valence-electron chi connectivity index (χ2n) is 6.93. The summed E-state index contributed by atoms with van der Waals surface area (Å²) in [6.45, 7) is 0. The van der Waals surface area contributed by atoms with Gasteiger partial charge in [0.1, 0.15) is 17.2 Å². The van der Waals surface area contributed by atoms with Crippen LogP contribution in [0.15, 0.2) is 84.6 Å². The molecule has 3 aromatic carbocycles. The largest absolute Gasteiger partial charge is 0.573 e. The summed E-state index contributed by atoms with van der Waals surface area (Å²) in [4.78, 5) is 27.6. The fourth-order valence-electron chi connectivity index (χ4n) is 3.46. The van der Waals surface area contributed by atoms with Crippen LogP contribution in [0.1, 0.15) is 5.56 Å². The van der Waals surface area contributed by atoms with Crippen molar-refractivity contribution in [2.45, 2.75) is 6.36 Å². The van der Waals surface area contributed by atoms with Gasteiger partial charge < -0.3 is 14.8 Å². The van der Waals surface area contributed by atoms with Gasteiger partial charge in [0.25, 0.3) is 11.8 Å². The zero-order valence-electron chi connectivity index (χ0n) is 17.2. The number of alkyl halides is 3. The number of methoxy groups -OCH3 is 1. The van der Waals surface area contributed by atoms with Gasteiger partial charge in [0.05, 0.1) is 24.1 Å². The molecule has 0 unspecified atom stereocenters. The van der Waals surface area contributed by atoms with Crippen LogP contribution in [0.4, 0.5) is 24.5 Å². The molecule has 33 heavy (non-hydrogen) atoms. The first kappa shape index (κ1) is 21.9. The molecule has 168 valence electrons. The lowest BCUT2D eigenvalue weighted by molar-refractivity contribution is -0.274. The molecule has 1 aliphatic rings. The highest BCUT2D eigenvalue weighted by molar-refractivity contribution is 6.46. The van der Waals surface area contributed by atoms with E-state index in [2.05, 4.69) is 10.1 Å². The van der Waals surface area contributed by atoms with E-state index in [1.807, 2.05) is 0 Å². The average molecular weight is 454 g/mol. The molecule has 0 spiro atoms. The topological polar surface area (TPSA) is 67.9 Å². The number of amides is 2. The van der Waals surface area contributed by atoms with Crippen LogP contribution in [0.3, 0.4) is 0 Å². The Morgan fingerprint density at radius 1 is 0.848 bits per heavy atom. The molecular formula is C24H17F3N2O4. The van der Waals surface area contributed by atoms with Crippen molar-refractivity contribution in [1.29, 1.82) is 0 Å². The number of benzene rings is 3. The highest BCUT2D eigenvalue weighted by Gasteiger charge is 2.41. The van der Waals surface area contributed by atoms with Gasteiger partial charge in [-0.1, -0.05) is 48.5 Å². The Bertz CT molecular complexity index is 1240. The average Bonchev–Trinajstić information content (AvgIpc) is 3.03. The summed E-state index contributed by atoms with van der Waals surface area (Å²) in [5.41, 5.74) is 0.905. The Morgan fingerprint density at radius 2 is 1.55 bits per heavy atom. The van der Waals surface area contributed by atoms with Gasteiger partial charge >= 0.3 is 6.36 Å². The smallest absolute Gasteiger partial charge is 0.495 e. The fraction of sp³-hybridized carbons (Fsp3) is 0.0833. The summed E-state index contributed by atoms with van der Waals surface area (Å²) in [7, 11) is 1.47. The highest BCUT2D eigenvalue weighted by atomic mass is 19.4. The minimum absolute atomic E-state index is 0.0298. The van der Waals surface area contributed by atoms with E-state index in [-0.39, 0.29) is 17.0 Å². The van der Waals surface area contributed by atoms with Crippen molar-refractivity contribution in [3.63, 3.8) is 0 Å². The van der Waals surface area contributed by atoms with Gasteiger partial charge in [-0.25, -0.2) is 4.90 Å². The van der Waals surface area contributed by atoms with Gasteiger partial charge in [-0.3, -0.25) is 9.59 Å². The second-order valence-corrected chi connectivity index (χ2v) is 6.93. The SMILES string of the molecule is COc1ccccc1NC1=C(c2ccccc2)C(=O)N(c2cccc(OC(F)(F)F)c2)C1=O. The maximum atomic E-state index is 13.4. The fourth-order valence-corrected chi connectivity index (χ4v) is 3.46. The van der Waals surface area contributed by atoms with E-state index in [0.717, 1.165) is 17.0 Å². The van der Waals surface area contributed by atoms with Crippen LogP contribution >= 0.6 is 0 Å². The van der Waals surface area contributed by atoms with Crippen molar-refractivity contribution >= 4 is 28.8 Å². The normalized spacial score (nSPS) is 14.0. The third kappa shape index (κ3) is 4.52. The van der Waals surface area contributed by atoms with E-state index >= 15 is 0 Å². The van der Waals surface area contributed by atoms with Gasteiger partial charge in [-0.15, -0.1) is 13.2 Å². The van der Waals surface area contributed by atoms with Gasteiger partial charge in [-0.05, 0) is 29.8 Å². The van der Waals surface area contributed by atoms with Crippen molar-refractivity contribution in [3.05, 3.63) is 90.1 Å². The quantitative estimate of drug-likeness (QED) is 0.532. The Hall–Kier alpha value is -4.27. The summed E-state index contributed by atoms with van der Waals surface area (Å²) < 4.78 is 47.2. The molecule has 9 heteroatoms. The summed E-state index contributed by atoms with van der Waals surface area (Å²) in [5, 5.41) is 2.97. The number of nitrogens with one attached hydrogen (secondary N) is 1. The molecule has 0 saturated carbocycles. The van der Waals surface area contributed by atoms with Crippen LogP contribution in [0.5, 0.6) is 11.5 Å². The molecule has 4 rings (SSSR count). The molecular weight excluding hydrogens is 437 g/mol. The predicted molar refractivity (Wildman–Crippen MR) is 116 cm³/mol. The summed E-state index contributed by atoms with van der Waals surface area (Å²) in [6.07, 6.45) is -4.92. The first-order valence-corrected chi connectivity index (χ1v) is 9.73. The summed E-state index contributed by atoms with van der Waals surface area (Å²) in [5.74, 6) is -1.52. The number of rotatable bonds is 6. The summed E-state index contributed by atoms with van der Waals surface area (Å²) in [6, 6.07) is 20.0. The number of ether oxygens (including phenoxy) is 2. The van der Waals surface area contributed by atoms with Gasteiger partial charge in [-0.2, -0.15) is 0 Å². The van der Waals surface area contributed by atoms with Gasteiger partial charge in [0.2, 0.25) is 0 Å². The number of hydrogen-bond donors (Lipinski definition) is 1. The lowest BCUT2D eigenvalue weighted by Gasteiger charge is -2.17. The molecule has 0 aromatic heterocycles. The van der Waals surface area contributed by atoms with Crippen molar-refractivity contribution < 1.29 is 32.2 Å². The molecule has 2 amide bonds. The number of para-hydroxylation sites is 2. The predicted octanol–water partition coefficient (Wildman–Crippen LogP) is 4.99. The molecule has 1 N–H and O–H groups in total. The van der Waals surface area contributed by atoms with E-state index in [0.29, 0.717) is 17.0 Å². The molecule has 1 heterocycles. The number of nitrogens with zero attached hydrogens (tertiary/aromatic N) is 1. The molecule has 6 nitrogen and oxygen atoms in total. The van der Waals surface area contributed by atoms with E-state index in [9.17, 15) is 22.8 Å². The standard InChI is InChI=1S/C24H17F3N2O4/c1-32-19-13-6-5-12-18(19)28-21-20(15-8-3-2-4-9-15)22(30)29(23(21)31)16-10-7-11-17(14-16)33-24(25,26)27/h2-14,28H,1H3. The monoisotopic (exact) mass is 454 g/mol. The van der Waals surface area contributed by atoms with Crippen LogP contribution in [-0.2, 0) is 9.59 Å². The van der Waals surface area contributed by atoms with Gasteiger partial charge in [0.15, 0.2) is 0 Å². The van der Waals surface area contributed by atoms with Crippen molar-refractivity contribution in [2.75, 3.05) is 17.3 Å². The number of halogens is 3. The van der Waals surface area contributed by atoms with Gasteiger partial charge in [0, 0.05) is 6.07 Å². The van der Waals surface area contributed by atoms with E-state index in [4.69, 9.17) is 4.74 Å². The van der Waals surface area contributed by atoms with Crippen LogP contribution < -0.4 is 19.7 Å². The van der Waals surface area contributed by atoms with Crippen LogP contribution in [0, 0.1) is 0 Å². The molecule has 0 aliphatic carbocycles. The Morgan fingerprint density at radius 3 is 2.24 bits per heavy atom. The maximum absolute atomic E-state index is 13.4. The first-order valence-electron chi connectivity index (χ1n) is 9.73. The maximum Gasteiger partial charge on any atom is 0.573 e. The molecule has 0 atom stereocenters. The minimum Gasteiger partial charge on any atom is -0.495 e. The first-order chi connectivity index (χ1) is 15.8. The Balaban J connectivity index is 1.78. The number of carbonyl (C=O) groups excluding carboxylic acids is 2. The number of anilines is 2.